The fraction of sp³-hybridized carbons (Fsp3) is 0.941. The number of rotatable bonds is 8. The van der Waals surface area contributed by atoms with E-state index in [9.17, 15) is 13.2 Å². The molecule has 24 heavy (non-hydrogen) atoms. The van der Waals surface area contributed by atoms with Crippen LogP contribution in [0.5, 0.6) is 0 Å². The number of hydrogen-bond donors (Lipinski definition) is 3. The Morgan fingerprint density at radius 2 is 1.79 bits per heavy atom. The summed E-state index contributed by atoms with van der Waals surface area (Å²) >= 11 is 0. The van der Waals surface area contributed by atoms with Crippen molar-refractivity contribution in [3.63, 3.8) is 0 Å². The molecule has 4 aliphatic carbocycles. The Kier molecular flexibility index (Phi) is 4.97. The Morgan fingerprint density at radius 3 is 2.33 bits per heavy atom. The van der Waals surface area contributed by atoms with Gasteiger partial charge in [-0.25, -0.2) is 0 Å². The van der Waals surface area contributed by atoms with Crippen molar-refractivity contribution in [1.29, 1.82) is 0 Å². The average molecular weight is 359 g/mol. The van der Waals surface area contributed by atoms with E-state index in [4.69, 9.17) is 15.4 Å². The van der Waals surface area contributed by atoms with Crippen molar-refractivity contribution in [1.82, 2.24) is 0 Å². The molecule has 0 aromatic heterocycles. The van der Waals surface area contributed by atoms with Gasteiger partial charge in [0.25, 0.3) is 10.1 Å². The molecule has 0 saturated heterocycles. The predicted octanol–water partition coefficient (Wildman–Crippen LogP) is 2.29. The van der Waals surface area contributed by atoms with Crippen LogP contribution in [-0.2, 0) is 14.9 Å². The van der Waals surface area contributed by atoms with E-state index >= 15 is 0 Å². The molecule has 4 bridgehead atoms. The minimum absolute atomic E-state index is 0.143. The van der Waals surface area contributed by atoms with Gasteiger partial charge in [-0.3, -0.25) is 9.35 Å². The zero-order valence-electron chi connectivity index (χ0n) is 14.1. The molecule has 6 nitrogen and oxygen atoms in total. The highest BCUT2D eigenvalue weighted by atomic mass is 32.2. The highest BCUT2D eigenvalue weighted by molar-refractivity contribution is 7.85. The lowest BCUT2D eigenvalue weighted by Gasteiger charge is -2.61. The molecule has 0 aromatic rings. The van der Waals surface area contributed by atoms with Gasteiger partial charge in [-0.05, 0) is 80.5 Å². The smallest absolute Gasteiger partial charge is 0.320 e. The molecule has 3 atom stereocenters. The van der Waals surface area contributed by atoms with Crippen LogP contribution in [0.3, 0.4) is 0 Å². The van der Waals surface area contributed by atoms with Crippen LogP contribution in [0.4, 0.5) is 0 Å². The first-order valence-electron chi connectivity index (χ1n) is 9.11. The van der Waals surface area contributed by atoms with Gasteiger partial charge in [-0.15, -0.1) is 0 Å². The molecule has 4 rings (SSSR count). The van der Waals surface area contributed by atoms with E-state index in [2.05, 4.69) is 0 Å². The quantitative estimate of drug-likeness (QED) is 0.452. The molecule has 0 heterocycles. The molecule has 7 heteroatoms. The van der Waals surface area contributed by atoms with Crippen LogP contribution in [0, 0.1) is 29.1 Å². The zero-order valence-corrected chi connectivity index (χ0v) is 14.9. The Hall–Kier alpha value is -0.660. The highest BCUT2D eigenvalue weighted by Gasteiger charge is 2.54. The zero-order chi connectivity index (χ0) is 17.5. The Morgan fingerprint density at radius 1 is 1.17 bits per heavy atom. The van der Waals surface area contributed by atoms with Crippen LogP contribution >= 0.6 is 0 Å². The third-order valence-electron chi connectivity index (χ3n) is 6.80. The van der Waals surface area contributed by atoms with Gasteiger partial charge < -0.3 is 10.8 Å². The van der Waals surface area contributed by atoms with Gasteiger partial charge in [-0.2, -0.15) is 8.42 Å². The number of carboxylic acid groups (broad SMARTS) is 1. The summed E-state index contributed by atoms with van der Waals surface area (Å²) in [6, 6.07) is -0.752. The van der Waals surface area contributed by atoms with Crippen LogP contribution in [0.2, 0.25) is 0 Å². The largest absolute Gasteiger partial charge is 0.480 e. The molecule has 0 amide bonds. The molecular formula is C17H29NO5S. The summed E-state index contributed by atoms with van der Waals surface area (Å²) in [5.74, 6) is 1.32. The second kappa shape index (κ2) is 6.57. The topological polar surface area (TPSA) is 118 Å². The maximum atomic E-state index is 11.1. The van der Waals surface area contributed by atoms with Crippen LogP contribution in [-0.4, -0.2) is 35.8 Å². The van der Waals surface area contributed by atoms with E-state index < -0.39 is 22.1 Å². The summed E-state index contributed by atoms with van der Waals surface area (Å²) in [7, 11) is -3.85. The number of hydrogen-bond acceptors (Lipinski definition) is 4. The van der Waals surface area contributed by atoms with Gasteiger partial charge in [-0.1, -0.05) is 6.42 Å². The summed E-state index contributed by atoms with van der Waals surface area (Å²) in [4.78, 5) is 11.1. The second-order valence-corrected chi connectivity index (χ2v) is 10.1. The summed E-state index contributed by atoms with van der Waals surface area (Å²) in [5.41, 5.74) is 6.11. The lowest BCUT2D eigenvalue weighted by atomic mass is 9.45. The molecule has 0 aliphatic heterocycles. The van der Waals surface area contributed by atoms with E-state index in [1.165, 1.54) is 19.3 Å². The SMILES string of the molecule is N[C@@H](CC1C2CC3CC1CC(CCCCS(=O)(=O)O)(C3)C2)C(=O)O. The lowest BCUT2D eigenvalue weighted by molar-refractivity contribution is -0.141. The molecule has 4 N–H and O–H groups in total. The molecular weight excluding hydrogens is 330 g/mol. The van der Waals surface area contributed by atoms with Gasteiger partial charge in [0.15, 0.2) is 0 Å². The number of carbonyl (C=O) groups is 1. The van der Waals surface area contributed by atoms with Gasteiger partial charge in [0.05, 0.1) is 5.75 Å². The Labute approximate surface area is 143 Å². The van der Waals surface area contributed by atoms with Gasteiger partial charge >= 0.3 is 5.97 Å². The number of unbranched alkanes of at least 4 members (excludes halogenated alkanes) is 1. The van der Waals surface area contributed by atoms with Crippen molar-refractivity contribution in [3.05, 3.63) is 0 Å². The molecule has 0 radical (unpaired) electrons. The third-order valence-corrected chi connectivity index (χ3v) is 7.60. The van der Waals surface area contributed by atoms with E-state index in [-0.39, 0.29) is 5.75 Å². The maximum absolute atomic E-state index is 11.1. The van der Waals surface area contributed by atoms with Gasteiger partial charge in [0.2, 0.25) is 0 Å². The first kappa shape index (κ1) is 18.1. The summed E-state index contributed by atoms with van der Waals surface area (Å²) in [6.45, 7) is 0. The van der Waals surface area contributed by atoms with Crippen molar-refractivity contribution < 1.29 is 22.9 Å². The second-order valence-electron chi connectivity index (χ2n) is 8.56. The predicted molar refractivity (Wildman–Crippen MR) is 90.0 cm³/mol. The van der Waals surface area contributed by atoms with Crippen molar-refractivity contribution in [2.24, 2.45) is 34.8 Å². The van der Waals surface area contributed by atoms with Gasteiger partial charge in [0.1, 0.15) is 6.04 Å². The number of aliphatic carboxylic acids is 1. The molecule has 138 valence electrons. The van der Waals surface area contributed by atoms with E-state index in [1.807, 2.05) is 0 Å². The maximum Gasteiger partial charge on any atom is 0.320 e. The van der Waals surface area contributed by atoms with E-state index in [0.29, 0.717) is 36.0 Å². The molecule has 4 saturated carbocycles. The molecule has 0 aromatic carbocycles. The lowest BCUT2D eigenvalue weighted by Crippen LogP contribution is -2.52. The van der Waals surface area contributed by atoms with Crippen LogP contribution in [0.1, 0.15) is 57.8 Å². The summed E-state index contributed by atoms with van der Waals surface area (Å²) in [6.07, 6.45) is 8.93. The Bertz CT molecular complexity index is 574. The fourth-order valence-corrected chi connectivity index (χ4v) is 6.74. The average Bonchev–Trinajstić information content (AvgIpc) is 2.45. The molecule has 0 spiro atoms. The van der Waals surface area contributed by atoms with Crippen LogP contribution in [0.25, 0.3) is 0 Å². The van der Waals surface area contributed by atoms with Crippen molar-refractivity contribution in [2.45, 2.75) is 63.8 Å². The van der Waals surface area contributed by atoms with Crippen LogP contribution < -0.4 is 5.73 Å². The van der Waals surface area contributed by atoms with Crippen molar-refractivity contribution in [3.8, 4) is 0 Å². The Balaban J connectivity index is 1.58. The minimum Gasteiger partial charge on any atom is -0.480 e. The standard InChI is InChI=1S/C17H29NO5S/c18-15(16(19)20)7-14-12-5-11-6-13(14)10-17(8-11,9-12)3-1-2-4-24(21,22)23/h11-15H,1-10,18H2,(H,19,20)(H,21,22,23)/t11?,12?,13?,14?,15-,17?/m0/s1. The monoisotopic (exact) mass is 359 g/mol. The number of nitrogens with two attached hydrogens (primary N) is 1. The number of carboxylic acids is 1. The summed E-state index contributed by atoms with van der Waals surface area (Å²) in [5, 5.41) is 9.10. The van der Waals surface area contributed by atoms with Gasteiger partial charge in [0, 0.05) is 0 Å². The highest BCUT2D eigenvalue weighted by Crippen LogP contribution is 2.64. The molecule has 4 aliphatic rings. The summed E-state index contributed by atoms with van der Waals surface area (Å²) < 4.78 is 30.6. The first-order chi connectivity index (χ1) is 11.2. The fourth-order valence-electron chi connectivity index (χ4n) is 6.17. The minimum atomic E-state index is -3.85. The molecule has 2 unspecified atom stereocenters. The van der Waals surface area contributed by atoms with Crippen LogP contribution in [0.15, 0.2) is 0 Å². The molecule has 4 fully saturated rings. The third kappa shape index (κ3) is 3.94. The first-order valence-corrected chi connectivity index (χ1v) is 10.7. The van der Waals surface area contributed by atoms with Crippen molar-refractivity contribution >= 4 is 16.1 Å². The van der Waals surface area contributed by atoms with E-state index in [1.54, 1.807) is 0 Å². The van der Waals surface area contributed by atoms with E-state index in [0.717, 1.165) is 31.6 Å². The normalized spacial score (nSPS) is 39.1. The van der Waals surface area contributed by atoms with Crippen molar-refractivity contribution in [2.75, 3.05) is 5.75 Å².